The van der Waals surface area contributed by atoms with Gasteiger partial charge >= 0.3 is 5.97 Å². The van der Waals surface area contributed by atoms with Gasteiger partial charge in [-0.25, -0.2) is 4.79 Å². The van der Waals surface area contributed by atoms with Crippen molar-refractivity contribution in [2.24, 2.45) is 5.73 Å². The topological polar surface area (TPSA) is 78.6 Å². The minimum absolute atomic E-state index is 0.106. The Kier molecular flexibility index (Phi) is 8.31. The highest BCUT2D eigenvalue weighted by atomic mass is 16.5. The summed E-state index contributed by atoms with van der Waals surface area (Å²) in [4.78, 5) is 22.9. The van der Waals surface area contributed by atoms with Crippen LogP contribution >= 0.6 is 0 Å². The van der Waals surface area contributed by atoms with Gasteiger partial charge in [0, 0.05) is 20.1 Å². The van der Waals surface area contributed by atoms with E-state index in [4.69, 9.17) is 15.2 Å². The Hall–Kier alpha value is -1.72. The number of carbonyl (C=O) groups excluding carboxylic acids is 2. The minimum Gasteiger partial charge on any atom is -0.462 e. The predicted octanol–water partition coefficient (Wildman–Crippen LogP) is 2.08. The van der Waals surface area contributed by atoms with Crippen molar-refractivity contribution >= 4 is 11.8 Å². The Morgan fingerprint density at radius 3 is 2.43 bits per heavy atom. The van der Waals surface area contributed by atoms with Crippen molar-refractivity contribution < 1.29 is 19.1 Å². The molecule has 0 atom stereocenters. The summed E-state index contributed by atoms with van der Waals surface area (Å²) in [6.07, 6.45) is 2.93. The van der Waals surface area contributed by atoms with Gasteiger partial charge in [0.1, 0.15) is 6.61 Å². The first-order chi connectivity index (χ1) is 10.2. The van der Waals surface area contributed by atoms with E-state index in [2.05, 4.69) is 0 Å². The number of ether oxygens (including phenoxy) is 2. The summed E-state index contributed by atoms with van der Waals surface area (Å²) >= 11 is 0. The number of carbonyl (C=O) groups is 2. The van der Waals surface area contributed by atoms with Crippen LogP contribution in [0.2, 0.25) is 0 Å². The van der Waals surface area contributed by atoms with Crippen molar-refractivity contribution in [3.63, 3.8) is 0 Å². The molecule has 0 spiro atoms. The fraction of sp³-hybridized carbons (Fsp3) is 0.500. The van der Waals surface area contributed by atoms with Crippen LogP contribution in [0.5, 0.6) is 0 Å². The van der Waals surface area contributed by atoms with E-state index in [0.29, 0.717) is 25.1 Å². The number of rotatable bonds is 10. The van der Waals surface area contributed by atoms with Gasteiger partial charge in [0.15, 0.2) is 5.78 Å². The molecule has 1 aromatic carbocycles. The molecule has 116 valence electrons. The number of hydrogen-bond acceptors (Lipinski definition) is 5. The zero-order valence-electron chi connectivity index (χ0n) is 12.5. The summed E-state index contributed by atoms with van der Waals surface area (Å²) < 4.78 is 9.93. The van der Waals surface area contributed by atoms with Gasteiger partial charge in [0.25, 0.3) is 0 Å². The van der Waals surface area contributed by atoms with Gasteiger partial charge in [-0.1, -0.05) is 12.1 Å². The lowest BCUT2D eigenvalue weighted by Crippen LogP contribution is -2.08. The molecule has 1 rings (SSSR count). The monoisotopic (exact) mass is 293 g/mol. The smallest absolute Gasteiger partial charge is 0.338 e. The van der Waals surface area contributed by atoms with Crippen LogP contribution in [-0.2, 0) is 20.8 Å². The zero-order chi connectivity index (χ0) is 15.5. The highest BCUT2D eigenvalue weighted by Crippen LogP contribution is 2.07. The van der Waals surface area contributed by atoms with Crippen molar-refractivity contribution in [2.75, 3.05) is 20.3 Å². The van der Waals surface area contributed by atoms with Gasteiger partial charge in [-0.2, -0.15) is 0 Å². The summed E-state index contributed by atoms with van der Waals surface area (Å²) in [5.74, 6) is -0.219. The number of methoxy groups -OCH3 is 1. The number of Topliss-reactive ketones (excluding diaryl/α,β-unsaturated/α-hetero) is 1. The Bertz CT molecular complexity index is 442. The second kappa shape index (κ2) is 10.1. The number of nitrogens with two attached hydrogens (primary N) is 1. The summed E-state index contributed by atoms with van der Waals surface area (Å²) in [5, 5.41) is 0. The van der Waals surface area contributed by atoms with Crippen LogP contribution in [-0.4, -0.2) is 32.1 Å². The quantitative estimate of drug-likeness (QED) is 0.528. The molecule has 0 saturated heterocycles. The van der Waals surface area contributed by atoms with E-state index in [1.54, 1.807) is 12.1 Å². The maximum Gasteiger partial charge on any atom is 0.338 e. The molecule has 0 aliphatic carbocycles. The molecule has 0 bridgehead atoms. The normalized spacial score (nSPS) is 10.4. The lowest BCUT2D eigenvalue weighted by atomic mass is 10.1. The molecular formula is C16H23NO4. The van der Waals surface area contributed by atoms with Crippen molar-refractivity contribution in [3.05, 3.63) is 35.4 Å². The molecule has 1 aromatic rings. The summed E-state index contributed by atoms with van der Waals surface area (Å²) in [7, 11) is 1.51. The third-order valence-electron chi connectivity index (χ3n) is 3.06. The maximum atomic E-state index is 11.7. The molecule has 0 aromatic heterocycles. The maximum absolute atomic E-state index is 11.7. The molecule has 2 N–H and O–H groups in total. The van der Waals surface area contributed by atoms with Gasteiger partial charge < -0.3 is 15.2 Å². The molecule has 5 nitrogen and oxygen atoms in total. The molecule has 0 aliphatic heterocycles. The van der Waals surface area contributed by atoms with E-state index < -0.39 is 0 Å². The lowest BCUT2D eigenvalue weighted by Gasteiger charge is -2.05. The van der Waals surface area contributed by atoms with Crippen LogP contribution in [0.15, 0.2) is 24.3 Å². The van der Waals surface area contributed by atoms with Crippen molar-refractivity contribution in [2.45, 2.75) is 32.2 Å². The number of esters is 1. The van der Waals surface area contributed by atoms with E-state index >= 15 is 0 Å². The van der Waals surface area contributed by atoms with E-state index in [9.17, 15) is 9.59 Å². The van der Waals surface area contributed by atoms with Gasteiger partial charge in [-0.3, -0.25) is 4.79 Å². The molecular weight excluding hydrogens is 270 g/mol. The summed E-state index contributed by atoms with van der Waals surface area (Å²) in [6, 6.07) is 7.07. The summed E-state index contributed by atoms with van der Waals surface area (Å²) in [6.45, 7) is 1.00. The Labute approximate surface area is 125 Å². The van der Waals surface area contributed by atoms with Crippen molar-refractivity contribution in [1.29, 1.82) is 0 Å². The number of hydrogen-bond donors (Lipinski definition) is 1. The zero-order valence-corrected chi connectivity index (χ0v) is 12.5. The molecule has 0 aliphatic rings. The Morgan fingerprint density at radius 2 is 1.81 bits per heavy atom. The second-order valence-electron chi connectivity index (χ2n) is 4.82. The van der Waals surface area contributed by atoms with E-state index in [1.807, 2.05) is 12.1 Å². The highest BCUT2D eigenvalue weighted by Gasteiger charge is 2.06. The summed E-state index contributed by atoms with van der Waals surface area (Å²) in [5.41, 5.74) is 7.00. The molecule has 0 unspecified atom stereocenters. The molecule has 0 amide bonds. The van der Waals surface area contributed by atoms with Crippen molar-refractivity contribution in [1.82, 2.24) is 0 Å². The second-order valence-corrected chi connectivity index (χ2v) is 4.82. The number of benzene rings is 1. The van der Waals surface area contributed by atoms with Crippen LogP contribution in [0.3, 0.4) is 0 Å². The first-order valence-electron chi connectivity index (χ1n) is 7.14. The highest BCUT2D eigenvalue weighted by molar-refractivity contribution is 5.89. The standard InChI is InChI=1S/C16H23NO4/c1-20-12-15(18)5-3-2-4-10-21-16(19)14-8-6-13(11-17)7-9-14/h6-9H,2-5,10-12,17H2,1H3. The largest absolute Gasteiger partial charge is 0.462 e. The average Bonchev–Trinajstić information content (AvgIpc) is 2.51. The Morgan fingerprint density at radius 1 is 1.10 bits per heavy atom. The van der Waals surface area contributed by atoms with Crippen LogP contribution in [0, 0.1) is 0 Å². The van der Waals surface area contributed by atoms with E-state index in [1.165, 1.54) is 7.11 Å². The fourth-order valence-corrected chi connectivity index (χ4v) is 1.86. The van der Waals surface area contributed by atoms with E-state index in [-0.39, 0.29) is 18.4 Å². The van der Waals surface area contributed by atoms with Gasteiger partial charge in [-0.05, 0) is 37.0 Å². The third kappa shape index (κ3) is 7.02. The van der Waals surface area contributed by atoms with Crippen molar-refractivity contribution in [3.8, 4) is 0 Å². The Balaban J connectivity index is 2.14. The molecule has 5 heteroatoms. The molecule has 0 fully saturated rings. The molecule has 0 radical (unpaired) electrons. The van der Waals surface area contributed by atoms with Crippen LogP contribution in [0.4, 0.5) is 0 Å². The first-order valence-corrected chi connectivity index (χ1v) is 7.14. The lowest BCUT2D eigenvalue weighted by molar-refractivity contribution is -0.122. The molecule has 21 heavy (non-hydrogen) atoms. The van der Waals surface area contributed by atoms with Crippen LogP contribution in [0.25, 0.3) is 0 Å². The number of unbranched alkanes of at least 4 members (excludes halogenated alkanes) is 2. The SMILES string of the molecule is COCC(=O)CCCCCOC(=O)c1ccc(CN)cc1. The van der Waals surface area contributed by atoms with Crippen LogP contribution < -0.4 is 5.73 Å². The van der Waals surface area contributed by atoms with Gasteiger partial charge in [0.05, 0.1) is 12.2 Å². The molecule has 0 saturated carbocycles. The average molecular weight is 293 g/mol. The van der Waals surface area contributed by atoms with Crippen LogP contribution in [0.1, 0.15) is 41.6 Å². The van der Waals surface area contributed by atoms with E-state index in [0.717, 1.165) is 24.8 Å². The molecule has 0 heterocycles. The third-order valence-corrected chi connectivity index (χ3v) is 3.06. The first kappa shape index (κ1) is 17.3. The fourth-order valence-electron chi connectivity index (χ4n) is 1.86. The minimum atomic E-state index is -0.325. The predicted molar refractivity (Wildman–Crippen MR) is 80.0 cm³/mol. The van der Waals surface area contributed by atoms with Gasteiger partial charge in [0.2, 0.25) is 0 Å². The van der Waals surface area contributed by atoms with Gasteiger partial charge in [-0.15, -0.1) is 0 Å². The number of ketones is 1.